The fourth-order valence-corrected chi connectivity index (χ4v) is 3.02. The van der Waals surface area contributed by atoms with E-state index in [1.54, 1.807) is 13.8 Å². The van der Waals surface area contributed by atoms with Gasteiger partial charge in [0.1, 0.15) is 6.54 Å². The summed E-state index contributed by atoms with van der Waals surface area (Å²) >= 11 is 0. The number of esters is 1. The Morgan fingerprint density at radius 1 is 1.29 bits per heavy atom. The molecule has 0 fully saturated rings. The Labute approximate surface area is 123 Å². The van der Waals surface area contributed by atoms with Gasteiger partial charge in [0.2, 0.25) is 0 Å². The van der Waals surface area contributed by atoms with Gasteiger partial charge in [0.15, 0.2) is 0 Å². The maximum absolute atomic E-state index is 12.5. The summed E-state index contributed by atoms with van der Waals surface area (Å²) in [6, 6.07) is 0. The highest BCUT2D eigenvalue weighted by atomic mass is 32.2. The highest BCUT2D eigenvalue weighted by Crippen LogP contribution is 2.21. The number of hydrogen-bond donors (Lipinski definition) is 0. The predicted octanol–water partition coefficient (Wildman–Crippen LogP) is 1.25. The monoisotopic (exact) mass is 334 g/mol. The molecule has 0 amide bonds. The maximum atomic E-state index is 12.5. The van der Waals surface area contributed by atoms with E-state index in [0.717, 1.165) is 18.5 Å². The van der Waals surface area contributed by atoms with Crippen LogP contribution in [0.25, 0.3) is 0 Å². The standard InChI is InChI=1S/C11H21F3N2O4S/c1-9(2)7-16(8-11(12,13)14)21(18,19)15(3)6-5-10(17)20-4/h9H,5-8H2,1-4H3. The van der Waals surface area contributed by atoms with Crippen LogP contribution in [0.1, 0.15) is 20.3 Å². The van der Waals surface area contributed by atoms with Gasteiger partial charge >= 0.3 is 12.1 Å². The van der Waals surface area contributed by atoms with E-state index in [0.29, 0.717) is 4.31 Å². The summed E-state index contributed by atoms with van der Waals surface area (Å²) in [7, 11) is -2.02. The molecule has 0 unspecified atom stereocenters. The zero-order chi connectivity index (χ0) is 16.8. The number of hydrogen-bond acceptors (Lipinski definition) is 4. The van der Waals surface area contributed by atoms with Crippen molar-refractivity contribution < 1.29 is 31.1 Å². The first kappa shape index (κ1) is 20.1. The van der Waals surface area contributed by atoms with Gasteiger partial charge in [-0.2, -0.15) is 30.2 Å². The van der Waals surface area contributed by atoms with Gasteiger partial charge in [-0.1, -0.05) is 13.8 Å². The van der Waals surface area contributed by atoms with Crippen molar-refractivity contribution in [3.05, 3.63) is 0 Å². The summed E-state index contributed by atoms with van der Waals surface area (Å²) in [5, 5.41) is 0. The Morgan fingerprint density at radius 3 is 2.19 bits per heavy atom. The molecule has 0 aliphatic heterocycles. The van der Waals surface area contributed by atoms with Gasteiger partial charge < -0.3 is 4.74 Å². The van der Waals surface area contributed by atoms with E-state index >= 15 is 0 Å². The Kier molecular flexibility index (Phi) is 7.62. The van der Waals surface area contributed by atoms with E-state index < -0.39 is 28.9 Å². The van der Waals surface area contributed by atoms with Crippen molar-refractivity contribution in [2.75, 3.05) is 33.8 Å². The predicted molar refractivity (Wildman–Crippen MR) is 70.6 cm³/mol. The number of methoxy groups -OCH3 is 1. The normalized spacial score (nSPS) is 13.2. The van der Waals surface area contributed by atoms with Gasteiger partial charge in [-0.05, 0) is 5.92 Å². The average molecular weight is 334 g/mol. The molecule has 6 nitrogen and oxygen atoms in total. The molecule has 0 aliphatic rings. The molecule has 0 aromatic rings. The van der Waals surface area contributed by atoms with Gasteiger partial charge in [-0.15, -0.1) is 0 Å². The lowest BCUT2D eigenvalue weighted by Crippen LogP contribution is -2.47. The number of alkyl halides is 3. The Hall–Kier alpha value is -0.870. The third-order valence-corrected chi connectivity index (χ3v) is 4.40. The quantitative estimate of drug-likeness (QED) is 0.627. The maximum Gasteiger partial charge on any atom is 0.402 e. The van der Waals surface area contributed by atoms with Crippen molar-refractivity contribution in [1.29, 1.82) is 0 Å². The lowest BCUT2D eigenvalue weighted by molar-refractivity contribution is -0.141. The molecule has 0 spiro atoms. The minimum atomic E-state index is -4.63. The first-order valence-electron chi connectivity index (χ1n) is 6.25. The van der Waals surface area contributed by atoms with Crippen molar-refractivity contribution in [3.63, 3.8) is 0 Å². The molecule has 0 N–H and O–H groups in total. The molecule has 0 aliphatic carbocycles. The molecule has 0 heterocycles. The number of ether oxygens (including phenoxy) is 1. The molecule has 126 valence electrons. The van der Waals surface area contributed by atoms with Crippen molar-refractivity contribution in [3.8, 4) is 0 Å². The summed E-state index contributed by atoms with van der Waals surface area (Å²) in [5.41, 5.74) is 0. The van der Waals surface area contributed by atoms with Gasteiger partial charge in [0, 0.05) is 20.1 Å². The minimum absolute atomic E-state index is 0.228. The number of carbonyl (C=O) groups is 1. The van der Waals surface area contributed by atoms with Crippen molar-refractivity contribution >= 4 is 16.2 Å². The van der Waals surface area contributed by atoms with Gasteiger partial charge in [0.05, 0.1) is 13.5 Å². The molecule has 0 saturated carbocycles. The van der Waals surface area contributed by atoms with Crippen molar-refractivity contribution in [2.24, 2.45) is 5.92 Å². The molecule has 0 aromatic heterocycles. The van der Waals surface area contributed by atoms with Crippen LogP contribution in [-0.4, -0.2) is 63.0 Å². The molecular weight excluding hydrogens is 313 g/mol. The second kappa shape index (κ2) is 7.95. The summed E-state index contributed by atoms with van der Waals surface area (Å²) in [6.07, 6.45) is -4.86. The lowest BCUT2D eigenvalue weighted by atomic mass is 10.2. The van der Waals surface area contributed by atoms with E-state index in [1.807, 2.05) is 0 Å². The third-order valence-electron chi connectivity index (χ3n) is 2.50. The summed E-state index contributed by atoms with van der Waals surface area (Å²) in [6.45, 7) is 1.17. The van der Waals surface area contributed by atoms with Crippen LogP contribution in [0, 0.1) is 5.92 Å². The molecule has 0 atom stereocenters. The van der Waals surface area contributed by atoms with Crippen molar-refractivity contribution in [1.82, 2.24) is 8.61 Å². The van der Waals surface area contributed by atoms with E-state index in [-0.39, 0.29) is 25.4 Å². The lowest BCUT2D eigenvalue weighted by Gasteiger charge is -2.29. The number of halogens is 3. The third kappa shape index (κ3) is 7.63. The second-order valence-electron chi connectivity index (χ2n) is 4.96. The Balaban J connectivity index is 5.03. The molecule has 0 bridgehead atoms. The first-order chi connectivity index (χ1) is 9.40. The highest BCUT2D eigenvalue weighted by Gasteiger charge is 2.38. The fourth-order valence-electron chi connectivity index (χ4n) is 1.51. The molecule has 21 heavy (non-hydrogen) atoms. The van der Waals surface area contributed by atoms with Gasteiger partial charge in [-0.25, -0.2) is 0 Å². The summed E-state index contributed by atoms with van der Waals surface area (Å²) in [4.78, 5) is 11.0. The molecule has 0 rings (SSSR count). The van der Waals surface area contributed by atoms with Crippen LogP contribution in [-0.2, 0) is 19.7 Å². The SMILES string of the molecule is COC(=O)CCN(C)S(=O)(=O)N(CC(C)C)CC(F)(F)F. The summed E-state index contributed by atoms with van der Waals surface area (Å²) < 4.78 is 67.3. The minimum Gasteiger partial charge on any atom is -0.469 e. The van der Waals surface area contributed by atoms with E-state index in [4.69, 9.17) is 0 Å². The largest absolute Gasteiger partial charge is 0.469 e. The number of rotatable bonds is 8. The van der Waals surface area contributed by atoms with Crippen LogP contribution in [0.3, 0.4) is 0 Å². The zero-order valence-corrected chi connectivity index (χ0v) is 13.3. The molecule has 0 aromatic carbocycles. The topological polar surface area (TPSA) is 66.9 Å². The van der Waals surface area contributed by atoms with Crippen LogP contribution < -0.4 is 0 Å². The van der Waals surface area contributed by atoms with Crippen LogP contribution in [0.5, 0.6) is 0 Å². The van der Waals surface area contributed by atoms with Crippen LogP contribution >= 0.6 is 0 Å². The van der Waals surface area contributed by atoms with Crippen LogP contribution in [0.2, 0.25) is 0 Å². The Morgan fingerprint density at radius 2 is 1.81 bits per heavy atom. The number of carbonyl (C=O) groups excluding carboxylic acids is 1. The molecule has 10 heteroatoms. The number of nitrogens with zero attached hydrogens (tertiary/aromatic N) is 2. The Bertz CT molecular complexity index is 437. The average Bonchev–Trinajstić information content (AvgIpc) is 2.32. The van der Waals surface area contributed by atoms with Gasteiger partial charge in [0.25, 0.3) is 10.2 Å². The molecule has 0 radical (unpaired) electrons. The fraction of sp³-hybridized carbons (Fsp3) is 0.909. The highest BCUT2D eigenvalue weighted by molar-refractivity contribution is 7.86. The summed E-state index contributed by atoms with van der Waals surface area (Å²) in [5.74, 6) is -0.903. The molecule has 0 saturated heterocycles. The van der Waals surface area contributed by atoms with Crippen LogP contribution in [0.15, 0.2) is 0 Å². The van der Waals surface area contributed by atoms with Crippen LogP contribution in [0.4, 0.5) is 13.2 Å². The molecular formula is C11H21F3N2O4S. The van der Waals surface area contributed by atoms with Gasteiger partial charge in [-0.3, -0.25) is 4.79 Å². The van der Waals surface area contributed by atoms with Crippen molar-refractivity contribution in [2.45, 2.75) is 26.4 Å². The first-order valence-corrected chi connectivity index (χ1v) is 7.64. The second-order valence-corrected chi connectivity index (χ2v) is 6.99. The zero-order valence-electron chi connectivity index (χ0n) is 12.5. The van der Waals surface area contributed by atoms with E-state index in [2.05, 4.69) is 4.74 Å². The van der Waals surface area contributed by atoms with E-state index in [9.17, 15) is 26.4 Å². The van der Waals surface area contributed by atoms with E-state index in [1.165, 1.54) is 0 Å². The smallest absolute Gasteiger partial charge is 0.402 e.